The van der Waals surface area contributed by atoms with E-state index in [1.807, 2.05) is 43.7 Å². The third kappa shape index (κ3) is 8.35. The Kier molecular flexibility index (Phi) is 12.6. The van der Waals surface area contributed by atoms with Gasteiger partial charge in [0.2, 0.25) is 11.8 Å². The van der Waals surface area contributed by atoms with Crippen LogP contribution in [0.1, 0.15) is 120 Å². The molecular weight excluding hydrogens is 867 g/mol. The molecule has 0 radical (unpaired) electrons. The van der Waals surface area contributed by atoms with Crippen LogP contribution >= 0.6 is 0 Å². The number of H-pyrrole nitrogens is 1. The van der Waals surface area contributed by atoms with Crippen molar-refractivity contribution in [1.82, 2.24) is 30.4 Å². The molecule has 2 saturated heterocycles. The Morgan fingerprint density at radius 1 is 0.710 bits per heavy atom. The van der Waals surface area contributed by atoms with Crippen LogP contribution < -0.4 is 10.6 Å². The number of ether oxygens (including phenoxy) is 2. The first kappa shape index (κ1) is 46.2. The first-order valence-electron chi connectivity index (χ1n) is 25.1. The topological polar surface area (TPSA) is 158 Å². The fraction of sp³-hybridized carbons (Fsp3) is 0.464. The molecule has 4 atom stereocenters. The quantitative estimate of drug-likeness (QED) is 0.119. The fourth-order valence-electron chi connectivity index (χ4n) is 12.5. The predicted molar refractivity (Wildman–Crippen MR) is 270 cm³/mol. The lowest BCUT2D eigenvalue weighted by atomic mass is 9.76. The lowest BCUT2D eigenvalue weighted by molar-refractivity contribution is -0.135. The van der Waals surface area contributed by atoms with Crippen molar-refractivity contribution in [3.05, 3.63) is 95.4 Å². The van der Waals surface area contributed by atoms with E-state index in [2.05, 4.69) is 82.3 Å². The zero-order valence-electron chi connectivity index (χ0n) is 40.8. The Morgan fingerprint density at radius 2 is 1.30 bits per heavy atom. The highest BCUT2D eigenvalue weighted by Crippen LogP contribution is 2.56. The number of amides is 4. The van der Waals surface area contributed by atoms with E-state index in [-0.39, 0.29) is 41.1 Å². The Morgan fingerprint density at radius 3 is 1.96 bits per heavy atom. The molecule has 1 saturated carbocycles. The van der Waals surface area contributed by atoms with Crippen LogP contribution in [0.25, 0.3) is 49.6 Å². The predicted octanol–water partition coefficient (Wildman–Crippen LogP) is 10.4. The van der Waals surface area contributed by atoms with Crippen LogP contribution in [0.2, 0.25) is 0 Å². The van der Waals surface area contributed by atoms with E-state index in [9.17, 15) is 19.2 Å². The second kappa shape index (κ2) is 18.8. The summed E-state index contributed by atoms with van der Waals surface area (Å²) in [5.41, 5.74) is 13.2. The van der Waals surface area contributed by atoms with Gasteiger partial charge >= 0.3 is 12.2 Å². The Balaban J connectivity index is 0.946. The monoisotopic (exact) mass is 931 g/mol. The van der Waals surface area contributed by atoms with Crippen molar-refractivity contribution >= 4 is 57.1 Å². The number of carbonyl (C=O) groups is 4. The van der Waals surface area contributed by atoms with E-state index in [1.54, 1.807) is 0 Å². The van der Waals surface area contributed by atoms with Crippen molar-refractivity contribution in [2.45, 2.75) is 128 Å². The van der Waals surface area contributed by atoms with E-state index < -0.39 is 24.3 Å². The van der Waals surface area contributed by atoms with Gasteiger partial charge in [0.1, 0.15) is 17.9 Å². The summed E-state index contributed by atoms with van der Waals surface area (Å²) in [5, 5.41) is 7.93. The number of benzene rings is 4. The summed E-state index contributed by atoms with van der Waals surface area (Å²) in [6, 6.07) is 22.9. The minimum atomic E-state index is -0.693. The van der Waals surface area contributed by atoms with Crippen LogP contribution in [0, 0.1) is 11.8 Å². The SMILES string of the molecule is COC(=O)N[C@H](C(=O)N1CCC[C@H]1C1=NC=C(c2ccc(-c3ccc(-c4ccc5nc([C@@H]6CCCN6C(=O)[C@@H](NC(=O)OC)C(C)C)[nH]c5c4)c4c3CCC43CCCC3)c3ccccc23)C1)C(C)C. The molecule has 3 fully saturated rings. The van der Waals surface area contributed by atoms with Gasteiger partial charge in [0.15, 0.2) is 0 Å². The van der Waals surface area contributed by atoms with Gasteiger partial charge in [-0.1, -0.05) is 95.1 Å². The van der Waals surface area contributed by atoms with Crippen LogP contribution in [-0.2, 0) is 30.9 Å². The number of carbonyl (C=O) groups excluding carboxylic acids is 4. The van der Waals surface area contributed by atoms with Gasteiger partial charge in [0.25, 0.3) is 0 Å². The largest absolute Gasteiger partial charge is 0.453 e. The smallest absolute Gasteiger partial charge is 0.407 e. The molecule has 13 nitrogen and oxygen atoms in total. The highest BCUT2D eigenvalue weighted by molar-refractivity contribution is 6.09. The zero-order valence-corrected chi connectivity index (χ0v) is 40.8. The third-order valence-electron chi connectivity index (χ3n) is 15.9. The van der Waals surface area contributed by atoms with Gasteiger partial charge in [-0.15, -0.1) is 0 Å². The second-order valence-corrected chi connectivity index (χ2v) is 20.6. The highest BCUT2D eigenvalue weighted by Gasteiger charge is 2.44. The molecule has 0 bridgehead atoms. The molecule has 3 aliphatic heterocycles. The number of fused-ring (bicyclic) bond motifs is 4. The number of alkyl carbamates (subject to hydrolysis) is 2. The van der Waals surface area contributed by atoms with Gasteiger partial charge in [-0.2, -0.15) is 0 Å². The Bertz CT molecular complexity index is 2910. The lowest BCUT2D eigenvalue weighted by Crippen LogP contribution is -2.53. The maximum absolute atomic E-state index is 13.9. The summed E-state index contributed by atoms with van der Waals surface area (Å²) < 4.78 is 9.70. The maximum atomic E-state index is 13.9. The van der Waals surface area contributed by atoms with E-state index >= 15 is 0 Å². The summed E-state index contributed by atoms with van der Waals surface area (Å²) in [7, 11) is 2.63. The lowest BCUT2D eigenvalue weighted by Gasteiger charge is -2.31. The van der Waals surface area contributed by atoms with Gasteiger partial charge in [0.05, 0.1) is 37.3 Å². The summed E-state index contributed by atoms with van der Waals surface area (Å²) in [6.07, 6.45) is 11.9. The molecule has 5 aromatic rings. The van der Waals surface area contributed by atoms with E-state index in [0.29, 0.717) is 19.5 Å². The van der Waals surface area contributed by atoms with Crippen LogP contribution in [0.3, 0.4) is 0 Å². The minimum absolute atomic E-state index is 0.0911. The summed E-state index contributed by atoms with van der Waals surface area (Å²) in [5.74, 6) is 0.357. The molecule has 2 aliphatic carbocycles. The molecule has 360 valence electrons. The minimum Gasteiger partial charge on any atom is -0.453 e. The Hall–Kier alpha value is -6.50. The number of rotatable bonds is 11. The van der Waals surface area contributed by atoms with Crippen molar-refractivity contribution in [2.75, 3.05) is 27.3 Å². The number of methoxy groups -OCH3 is 2. The van der Waals surface area contributed by atoms with E-state index in [1.165, 1.54) is 84.1 Å². The van der Waals surface area contributed by atoms with Crippen LogP contribution in [0.5, 0.6) is 0 Å². The van der Waals surface area contributed by atoms with E-state index in [4.69, 9.17) is 19.5 Å². The molecule has 4 aromatic carbocycles. The molecule has 3 N–H and O–H groups in total. The average Bonchev–Trinajstić information content (AvgIpc) is 4.23. The van der Waals surface area contributed by atoms with Gasteiger partial charge in [-0.05, 0) is 136 Å². The first-order chi connectivity index (χ1) is 33.4. The molecule has 1 spiro atoms. The molecule has 10 rings (SSSR count). The number of aliphatic imine (C=N–C) groups is 1. The summed E-state index contributed by atoms with van der Waals surface area (Å²) in [6.45, 7) is 8.97. The van der Waals surface area contributed by atoms with Crippen molar-refractivity contribution in [3.8, 4) is 22.3 Å². The van der Waals surface area contributed by atoms with Crippen LogP contribution in [0.4, 0.5) is 9.59 Å². The molecule has 69 heavy (non-hydrogen) atoms. The van der Waals surface area contributed by atoms with Crippen molar-refractivity contribution in [3.63, 3.8) is 0 Å². The highest BCUT2D eigenvalue weighted by atomic mass is 16.5. The fourth-order valence-corrected chi connectivity index (χ4v) is 12.5. The van der Waals surface area contributed by atoms with Gasteiger partial charge in [0, 0.05) is 31.4 Å². The number of hydrogen-bond acceptors (Lipinski definition) is 8. The van der Waals surface area contributed by atoms with Crippen molar-refractivity contribution in [2.24, 2.45) is 16.8 Å². The average molecular weight is 932 g/mol. The number of aromatic amines is 1. The summed E-state index contributed by atoms with van der Waals surface area (Å²) in [4.78, 5) is 69.7. The molecule has 1 aromatic heterocycles. The van der Waals surface area contributed by atoms with Crippen molar-refractivity contribution < 1.29 is 28.7 Å². The molecular formula is C56H65N7O6. The molecule has 4 amide bonds. The summed E-state index contributed by atoms with van der Waals surface area (Å²) >= 11 is 0. The maximum Gasteiger partial charge on any atom is 0.407 e. The van der Waals surface area contributed by atoms with Crippen LogP contribution in [-0.4, -0.2) is 94.9 Å². The number of allylic oxidation sites excluding steroid dienone is 1. The normalized spacial score (nSPS) is 20.5. The van der Waals surface area contributed by atoms with Gasteiger partial charge in [-0.25, -0.2) is 14.6 Å². The standard InChI is InChI=1S/C56H65N7O6/c1-32(2)49(60-54(66)68-5)52(64)62-27-11-15-46(62)45-30-35(31-57-45)36-18-20-40(39-14-8-7-13-38(36)39)41-21-19-37(48-42(41)23-26-56(48)24-9-10-25-56)34-17-22-43-44(29-34)59-51(58-43)47-16-12-28-63(47)53(65)50(33(3)4)61-55(67)69-6/h7-8,13-14,17-22,29,31-33,46-47,49-50H,9-12,15-16,23-28,30H2,1-6H3,(H,58,59)(H,60,66)(H,61,67)/t46-,47-,49-,50-/m0/s1. The number of nitrogens with zero attached hydrogens (tertiary/aromatic N) is 4. The Labute approximate surface area is 404 Å². The molecule has 5 aliphatic rings. The number of nitrogens with one attached hydrogen (secondary N) is 3. The first-order valence-corrected chi connectivity index (χ1v) is 25.1. The zero-order chi connectivity index (χ0) is 48.1. The number of aromatic nitrogens is 2. The number of hydrogen-bond donors (Lipinski definition) is 3. The molecule has 4 heterocycles. The number of likely N-dealkylation sites (tertiary alicyclic amines) is 2. The van der Waals surface area contributed by atoms with Crippen LogP contribution in [0.15, 0.2) is 77.9 Å². The third-order valence-corrected chi connectivity index (χ3v) is 15.9. The number of imidazole rings is 1. The van der Waals surface area contributed by atoms with Crippen molar-refractivity contribution in [1.29, 1.82) is 0 Å². The molecule has 0 unspecified atom stereocenters. The van der Waals surface area contributed by atoms with Gasteiger partial charge in [-0.3, -0.25) is 14.6 Å². The molecule has 13 heteroatoms. The second-order valence-electron chi connectivity index (χ2n) is 20.6. The van der Waals surface area contributed by atoms with E-state index in [0.717, 1.165) is 72.2 Å². The van der Waals surface area contributed by atoms with Gasteiger partial charge < -0.3 is 34.9 Å².